The maximum absolute atomic E-state index is 13.8. The summed E-state index contributed by atoms with van der Waals surface area (Å²) in [6.45, 7) is 4.01. The summed E-state index contributed by atoms with van der Waals surface area (Å²) in [5.74, 6) is -0.723. The Kier molecular flexibility index (Phi) is 4.41. The van der Waals surface area contributed by atoms with Crippen molar-refractivity contribution in [2.75, 3.05) is 5.32 Å². The van der Waals surface area contributed by atoms with Crippen molar-refractivity contribution in [3.05, 3.63) is 58.7 Å². The molecule has 0 fully saturated rings. The lowest BCUT2D eigenvalue weighted by molar-refractivity contribution is -0.140. The van der Waals surface area contributed by atoms with Crippen LogP contribution in [0, 0.1) is 19.7 Å². The summed E-state index contributed by atoms with van der Waals surface area (Å²) in [4.78, 5) is 5.11. The van der Waals surface area contributed by atoms with Crippen molar-refractivity contribution in [3.63, 3.8) is 0 Å². The first-order valence-electron chi connectivity index (χ1n) is 8.36. The lowest BCUT2D eigenvalue weighted by Crippen LogP contribution is -2.09. The van der Waals surface area contributed by atoms with Crippen molar-refractivity contribution in [1.29, 1.82) is 0 Å². The number of thiophene rings is 1. The van der Waals surface area contributed by atoms with E-state index < -0.39 is 17.6 Å². The second-order valence-electron chi connectivity index (χ2n) is 6.39. The minimum atomic E-state index is -4.71. The molecule has 9 heteroatoms. The van der Waals surface area contributed by atoms with Crippen molar-refractivity contribution < 1.29 is 17.6 Å². The number of fused-ring (bicyclic) bond motifs is 3. The Labute approximate surface area is 161 Å². The Bertz CT molecular complexity index is 1200. The second-order valence-corrected chi connectivity index (χ2v) is 7.39. The largest absolute Gasteiger partial charge is 0.419 e. The van der Waals surface area contributed by atoms with Crippen LogP contribution in [0.5, 0.6) is 0 Å². The molecule has 3 heterocycles. The first-order valence-corrected chi connectivity index (χ1v) is 9.18. The molecule has 1 N–H and O–H groups in total. The molecule has 0 saturated heterocycles. The molecule has 0 radical (unpaired) electrons. The van der Waals surface area contributed by atoms with E-state index in [1.165, 1.54) is 17.4 Å². The molecule has 4 rings (SSSR count). The molecule has 4 nitrogen and oxygen atoms in total. The fraction of sp³-hybridized carbons (Fsp3) is 0.211. The van der Waals surface area contributed by atoms with Crippen molar-refractivity contribution in [1.82, 2.24) is 15.2 Å². The molecule has 28 heavy (non-hydrogen) atoms. The van der Waals surface area contributed by atoms with E-state index in [0.29, 0.717) is 11.4 Å². The number of hydrogen-bond acceptors (Lipinski definition) is 5. The third-order valence-corrected chi connectivity index (χ3v) is 5.69. The minimum absolute atomic E-state index is 0.138. The van der Waals surface area contributed by atoms with Crippen LogP contribution in [0.1, 0.15) is 22.4 Å². The molecule has 0 aliphatic rings. The van der Waals surface area contributed by atoms with Crippen LogP contribution in [0.2, 0.25) is 0 Å². The van der Waals surface area contributed by atoms with Crippen LogP contribution in [0.3, 0.4) is 0 Å². The van der Waals surface area contributed by atoms with Crippen LogP contribution in [0.15, 0.2) is 30.5 Å². The Morgan fingerprint density at radius 3 is 2.61 bits per heavy atom. The standard InChI is InChI=1S/C19H14F4N4S/c1-9-10(2)26-27-18-15(9)12-5-6-24-17(16(12)28-18)25-8-11-3-4-13(14(20)7-11)19(21,22)23/h3-7H,8H2,1-2H3,(H,24,25). The fourth-order valence-electron chi connectivity index (χ4n) is 3.03. The summed E-state index contributed by atoms with van der Waals surface area (Å²) in [6, 6.07) is 4.79. The summed E-state index contributed by atoms with van der Waals surface area (Å²) in [6.07, 6.45) is -3.06. The van der Waals surface area contributed by atoms with E-state index in [-0.39, 0.29) is 6.54 Å². The van der Waals surface area contributed by atoms with Gasteiger partial charge in [-0.3, -0.25) is 0 Å². The van der Waals surface area contributed by atoms with Gasteiger partial charge in [0.25, 0.3) is 0 Å². The van der Waals surface area contributed by atoms with Gasteiger partial charge in [0, 0.05) is 23.5 Å². The van der Waals surface area contributed by atoms with Gasteiger partial charge in [-0.05, 0) is 43.2 Å². The van der Waals surface area contributed by atoms with Crippen LogP contribution in [-0.2, 0) is 12.7 Å². The van der Waals surface area contributed by atoms with Crippen molar-refractivity contribution in [2.45, 2.75) is 26.6 Å². The summed E-state index contributed by atoms with van der Waals surface area (Å²) in [5, 5.41) is 13.5. The number of nitrogens with zero attached hydrogens (tertiary/aromatic N) is 3. The Morgan fingerprint density at radius 1 is 1.11 bits per heavy atom. The van der Waals surface area contributed by atoms with Gasteiger partial charge in [-0.1, -0.05) is 6.07 Å². The van der Waals surface area contributed by atoms with Gasteiger partial charge in [-0.25, -0.2) is 9.37 Å². The monoisotopic (exact) mass is 406 g/mol. The van der Waals surface area contributed by atoms with E-state index in [4.69, 9.17) is 0 Å². The zero-order valence-corrected chi connectivity index (χ0v) is 15.7. The predicted molar refractivity (Wildman–Crippen MR) is 101 cm³/mol. The number of nitrogens with one attached hydrogen (secondary N) is 1. The Hall–Kier alpha value is -2.81. The quantitative estimate of drug-likeness (QED) is 0.448. The Morgan fingerprint density at radius 2 is 1.89 bits per heavy atom. The SMILES string of the molecule is Cc1nnc2sc3c(NCc4ccc(C(F)(F)F)c(F)c4)nccc3c2c1C. The molecular weight excluding hydrogens is 392 g/mol. The van der Waals surface area contributed by atoms with E-state index in [1.807, 2.05) is 19.9 Å². The molecular formula is C19H14F4N4S. The molecule has 1 aromatic carbocycles. The number of aromatic nitrogens is 3. The van der Waals surface area contributed by atoms with Gasteiger partial charge >= 0.3 is 6.18 Å². The van der Waals surface area contributed by atoms with Crippen LogP contribution in [-0.4, -0.2) is 15.2 Å². The van der Waals surface area contributed by atoms with Crippen molar-refractivity contribution >= 4 is 37.5 Å². The maximum Gasteiger partial charge on any atom is 0.419 e. The highest BCUT2D eigenvalue weighted by Crippen LogP contribution is 2.38. The number of alkyl halides is 3. The summed E-state index contributed by atoms with van der Waals surface area (Å²) in [5.41, 5.74) is 1.000. The van der Waals surface area contributed by atoms with Gasteiger partial charge in [0.2, 0.25) is 0 Å². The fourth-order valence-corrected chi connectivity index (χ4v) is 4.17. The highest BCUT2D eigenvalue weighted by molar-refractivity contribution is 7.26. The second kappa shape index (κ2) is 6.66. The number of halogens is 4. The number of benzene rings is 1. The number of pyridine rings is 1. The van der Waals surface area contributed by atoms with E-state index in [1.54, 1.807) is 6.20 Å². The van der Waals surface area contributed by atoms with Gasteiger partial charge in [0.1, 0.15) is 16.5 Å². The molecule has 0 atom stereocenters. The summed E-state index contributed by atoms with van der Waals surface area (Å²) < 4.78 is 52.7. The molecule has 0 aliphatic carbocycles. The normalized spacial score (nSPS) is 12.1. The van der Waals surface area contributed by atoms with Gasteiger partial charge in [0.05, 0.1) is 16.0 Å². The number of aryl methyl sites for hydroxylation is 2. The smallest absolute Gasteiger partial charge is 0.365 e. The first kappa shape index (κ1) is 18.5. The van der Waals surface area contributed by atoms with Crippen molar-refractivity contribution in [2.24, 2.45) is 0 Å². The third kappa shape index (κ3) is 3.15. The Balaban J connectivity index is 1.68. The lowest BCUT2D eigenvalue weighted by atomic mass is 10.1. The molecule has 144 valence electrons. The van der Waals surface area contributed by atoms with Crippen LogP contribution in [0.4, 0.5) is 23.4 Å². The van der Waals surface area contributed by atoms with Crippen LogP contribution < -0.4 is 5.32 Å². The molecule has 0 saturated carbocycles. The summed E-state index contributed by atoms with van der Waals surface area (Å²) in [7, 11) is 0. The maximum atomic E-state index is 13.8. The van der Waals surface area contributed by atoms with Gasteiger partial charge < -0.3 is 5.32 Å². The van der Waals surface area contributed by atoms with E-state index in [2.05, 4.69) is 20.5 Å². The average Bonchev–Trinajstić information content (AvgIpc) is 3.02. The molecule has 4 aromatic rings. The van der Waals surface area contributed by atoms with Crippen LogP contribution >= 0.6 is 11.3 Å². The van der Waals surface area contributed by atoms with Crippen LogP contribution in [0.25, 0.3) is 20.3 Å². The molecule has 0 unspecified atom stereocenters. The first-order chi connectivity index (χ1) is 13.3. The average molecular weight is 406 g/mol. The predicted octanol–water partition coefficient (Wildman–Crippen LogP) is 5.63. The minimum Gasteiger partial charge on any atom is -0.365 e. The molecule has 0 bridgehead atoms. The topological polar surface area (TPSA) is 50.7 Å². The zero-order valence-electron chi connectivity index (χ0n) is 14.9. The number of rotatable bonds is 3. The molecule has 3 aromatic heterocycles. The van der Waals surface area contributed by atoms with Gasteiger partial charge in [0.15, 0.2) is 0 Å². The van der Waals surface area contributed by atoms with E-state index in [9.17, 15) is 17.6 Å². The molecule has 0 aliphatic heterocycles. The lowest BCUT2D eigenvalue weighted by Gasteiger charge is -2.10. The number of hydrogen-bond donors (Lipinski definition) is 1. The van der Waals surface area contributed by atoms with Gasteiger partial charge in [-0.2, -0.15) is 18.3 Å². The molecule has 0 amide bonds. The third-order valence-electron chi connectivity index (χ3n) is 4.59. The summed E-state index contributed by atoms with van der Waals surface area (Å²) >= 11 is 1.43. The van der Waals surface area contributed by atoms with Crippen molar-refractivity contribution in [3.8, 4) is 0 Å². The molecule has 0 spiro atoms. The van der Waals surface area contributed by atoms with E-state index >= 15 is 0 Å². The van der Waals surface area contributed by atoms with E-state index in [0.717, 1.165) is 43.7 Å². The zero-order chi connectivity index (χ0) is 20.1. The highest BCUT2D eigenvalue weighted by Gasteiger charge is 2.33. The van der Waals surface area contributed by atoms with Gasteiger partial charge in [-0.15, -0.1) is 16.4 Å². The highest BCUT2D eigenvalue weighted by atomic mass is 32.1. The number of anilines is 1.